The number of hydrazine groups is 1. The predicted molar refractivity (Wildman–Crippen MR) is 72.3 cm³/mol. The van der Waals surface area contributed by atoms with Gasteiger partial charge in [-0.2, -0.15) is 0 Å². The first-order valence-electron chi connectivity index (χ1n) is 6.50. The van der Waals surface area contributed by atoms with Crippen LogP contribution in [-0.4, -0.2) is 16.9 Å². The van der Waals surface area contributed by atoms with E-state index >= 15 is 0 Å². The van der Waals surface area contributed by atoms with Crippen LogP contribution in [0.15, 0.2) is 18.3 Å². The number of carbonyl (C=O) groups is 1. The van der Waals surface area contributed by atoms with Crippen molar-refractivity contribution in [2.75, 3.05) is 5.01 Å². The lowest BCUT2D eigenvalue weighted by molar-refractivity contribution is -0.119. The molecule has 0 saturated carbocycles. The summed E-state index contributed by atoms with van der Waals surface area (Å²) in [7, 11) is 0. The Morgan fingerprint density at radius 1 is 1.56 bits per heavy atom. The van der Waals surface area contributed by atoms with E-state index in [2.05, 4.69) is 37.2 Å². The van der Waals surface area contributed by atoms with Crippen LogP contribution in [0.1, 0.15) is 46.1 Å². The van der Waals surface area contributed by atoms with Gasteiger partial charge in [0.1, 0.15) is 0 Å². The van der Waals surface area contributed by atoms with Crippen molar-refractivity contribution in [2.24, 2.45) is 0 Å². The molecule has 2 heterocycles. The normalized spacial score (nSPS) is 20.1. The van der Waals surface area contributed by atoms with E-state index in [4.69, 9.17) is 0 Å². The summed E-state index contributed by atoms with van der Waals surface area (Å²) in [6.45, 7) is 8.62. The molecule has 1 fully saturated rings. The Morgan fingerprint density at radius 2 is 2.28 bits per heavy atom. The van der Waals surface area contributed by atoms with Gasteiger partial charge in [0.2, 0.25) is 5.91 Å². The zero-order chi connectivity index (χ0) is 13.3. The van der Waals surface area contributed by atoms with Crippen molar-refractivity contribution in [3.05, 3.63) is 23.9 Å². The fourth-order valence-corrected chi connectivity index (χ4v) is 2.22. The molecule has 1 aromatic heterocycles. The van der Waals surface area contributed by atoms with E-state index in [1.54, 1.807) is 6.20 Å². The molecule has 4 nitrogen and oxygen atoms in total. The topological polar surface area (TPSA) is 45.2 Å². The van der Waals surface area contributed by atoms with Gasteiger partial charge < -0.3 is 0 Å². The van der Waals surface area contributed by atoms with E-state index in [0.717, 1.165) is 12.2 Å². The van der Waals surface area contributed by atoms with Gasteiger partial charge in [-0.25, -0.2) is 4.98 Å². The first kappa shape index (κ1) is 12.9. The van der Waals surface area contributed by atoms with Gasteiger partial charge in [0.15, 0.2) is 5.82 Å². The van der Waals surface area contributed by atoms with E-state index in [9.17, 15) is 4.79 Å². The van der Waals surface area contributed by atoms with Gasteiger partial charge in [-0.05, 0) is 24.8 Å². The van der Waals surface area contributed by atoms with Crippen molar-refractivity contribution in [1.82, 2.24) is 10.4 Å². The van der Waals surface area contributed by atoms with Crippen LogP contribution in [0, 0.1) is 0 Å². The number of aromatic nitrogens is 1. The lowest BCUT2D eigenvalue weighted by Crippen LogP contribution is -2.39. The van der Waals surface area contributed by atoms with Gasteiger partial charge in [-0.3, -0.25) is 15.2 Å². The standard InChI is InChI=1S/C14H21N3O/c1-5-14(3,4)11-7-6-8-15-13(11)17-10(2)9-12(18)16-17/h6-8,10H,5,9H2,1-4H3,(H,16,18). The van der Waals surface area contributed by atoms with Crippen molar-refractivity contribution < 1.29 is 4.79 Å². The van der Waals surface area contributed by atoms with Gasteiger partial charge in [-0.15, -0.1) is 0 Å². The van der Waals surface area contributed by atoms with E-state index in [1.165, 1.54) is 5.56 Å². The number of rotatable bonds is 3. The summed E-state index contributed by atoms with van der Waals surface area (Å²) in [6, 6.07) is 4.21. The van der Waals surface area contributed by atoms with Gasteiger partial charge >= 0.3 is 0 Å². The lowest BCUT2D eigenvalue weighted by Gasteiger charge is -2.30. The molecule has 2 rings (SSSR count). The second-order valence-corrected chi connectivity index (χ2v) is 5.57. The summed E-state index contributed by atoms with van der Waals surface area (Å²) in [4.78, 5) is 16.0. The van der Waals surface area contributed by atoms with E-state index in [1.807, 2.05) is 18.0 Å². The van der Waals surface area contributed by atoms with E-state index < -0.39 is 0 Å². The summed E-state index contributed by atoms with van der Waals surface area (Å²) in [6.07, 6.45) is 3.34. The molecule has 0 spiro atoms. The maximum absolute atomic E-state index is 11.5. The number of carbonyl (C=O) groups excluding carboxylic acids is 1. The van der Waals surface area contributed by atoms with Crippen LogP contribution in [0.2, 0.25) is 0 Å². The van der Waals surface area contributed by atoms with E-state index in [-0.39, 0.29) is 17.4 Å². The molecule has 1 unspecified atom stereocenters. The first-order chi connectivity index (χ1) is 8.45. The molecule has 1 aliphatic rings. The van der Waals surface area contributed by atoms with Crippen molar-refractivity contribution in [1.29, 1.82) is 0 Å². The molecule has 0 radical (unpaired) electrons. The smallest absolute Gasteiger partial charge is 0.240 e. The monoisotopic (exact) mass is 247 g/mol. The average molecular weight is 247 g/mol. The summed E-state index contributed by atoms with van der Waals surface area (Å²) in [5.74, 6) is 0.941. The fraction of sp³-hybridized carbons (Fsp3) is 0.571. The summed E-state index contributed by atoms with van der Waals surface area (Å²) in [5, 5.41) is 1.90. The van der Waals surface area contributed by atoms with Crippen LogP contribution in [0.4, 0.5) is 5.82 Å². The number of hydrogen-bond acceptors (Lipinski definition) is 3. The summed E-state index contributed by atoms with van der Waals surface area (Å²) < 4.78 is 0. The Hall–Kier alpha value is -1.58. The molecule has 18 heavy (non-hydrogen) atoms. The van der Waals surface area contributed by atoms with Crippen molar-refractivity contribution in [3.63, 3.8) is 0 Å². The minimum absolute atomic E-state index is 0.0522. The highest BCUT2D eigenvalue weighted by molar-refractivity contribution is 5.82. The highest BCUT2D eigenvalue weighted by Gasteiger charge is 2.32. The SMILES string of the molecule is CCC(C)(C)c1cccnc1N1NC(=O)CC1C. The maximum Gasteiger partial charge on any atom is 0.240 e. The molecule has 0 aromatic carbocycles. The molecule has 1 aromatic rings. The molecule has 1 saturated heterocycles. The molecule has 1 aliphatic heterocycles. The largest absolute Gasteiger partial charge is 0.273 e. The average Bonchev–Trinajstić information content (AvgIpc) is 2.68. The Kier molecular flexibility index (Phi) is 3.28. The molecular formula is C14H21N3O. The highest BCUT2D eigenvalue weighted by atomic mass is 16.2. The third kappa shape index (κ3) is 2.19. The molecule has 0 aliphatic carbocycles. The molecular weight excluding hydrogens is 226 g/mol. The van der Waals surface area contributed by atoms with Gasteiger partial charge in [-0.1, -0.05) is 26.8 Å². The van der Waals surface area contributed by atoms with E-state index in [0.29, 0.717) is 6.42 Å². The second-order valence-electron chi connectivity index (χ2n) is 5.57. The second kappa shape index (κ2) is 4.59. The third-order valence-corrected chi connectivity index (χ3v) is 3.79. The lowest BCUT2D eigenvalue weighted by atomic mass is 9.82. The van der Waals surface area contributed by atoms with Gasteiger partial charge in [0, 0.05) is 11.8 Å². The number of hydrogen-bond donors (Lipinski definition) is 1. The number of amides is 1. The Morgan fingerprint density at radius 3 is 2.83 bits per heavy atom. The molecule has 1 N–H and O–H groups in total. The van der Waals surface area contributed by atoms with Crippen molar-refractivity contribution in [3.8, 4) is 0 Å². The zero-order valence-corrected chi connectivity index (χ0v) is 11.5. The molecule has 1 amide bonds. The van der Waals surface area contributed by atoms with Crippen LogP contribution >= 0.6 is 0 Å². The Balaban J connectivity index is 2.42. The van der Waals surface area contributed by atoms with Crippen LogP contribution in [0.5, 0.6) is 0 Å². The quantitative estimate of drug-likeness (QED) is 0.892. The van der Waals surface area contributed by atoms with Crippen LogP contribution in [-0.2, 0) is 10.2 Å². The Labute approximate surface area is 108 Å². The summed E-state index contributed by atoms with van der Waals surface area (Å²) in [5.41, 5.74) is 4.12. The van der Waals surface area contributed by atoms with Crippen molar-refractivity contribution in [2.45, 2.75) is 52.0 Å². The minimum atomic E-state index is 0.0522. The number of pyridine rings is 1. The van der Waals surface area contributed by atoms with Gasteiger partial charge in [0.25, 0.3) is 0 Å². The van der Waals surface area contributed by atoms with Crippen molar-refractivity contribution >= 4 is 11.7 Å². The molecule has 0 bridgehead atoms. The number of nitrogens with zero attached hydrogens (tertiary/aromatic N) is 2. The third-order valence-electron chi connectivity index (χ3n) is 3.79. The molecule has 4 heteroatoms. The highest BCUT2D eigenvalue weighted by Crippen LogP contribution is 2.34. The predicted octanol–water partition coefficient (Wildman–Crippen LogP) is 2.40. The van der Waals surface area contributed by atoms with Crippen LogP contribution in [0.25, 0.3) is 0 Å². The first-order valence-corrected chi connectivity index (χ1v) is 6.50. The maximum atomic E-state index is 11.5. The minimum Gasteiger partial charge on any atom is -0.273 e. The zero-order valence-electron chi connectivity index (χ0n) is 11.5. The number of anilines is 1. The Bertz CT molecular complexity index is 456. The molecule has 1 atom stereocenters. The van der Waals surface area contributed by atoms with Crippen LogP contribution in [0.3, 0.4) is 0 Å². The van der Waals surface area contributed by atoms with Crippen LogP contribution < -0.4 is 10.4 Å². The number of nitrogens with one attached hydrogen (secondary N) is 1. The molecule has 98 valence electrons. The fourth-order valence-electron chi connectivity index (χ4n) is 2.22. The summed E-state index contributed by atoms with van der Waals surface area (Å²) >= 11 is 0. The van der Waals surface area contributed by atoms with Gasteiger partial charge in [0.05, 0.1) is 12.5 Å².